The van der Waals surface area contributed by atoms with Crippen molar-refractivity contribution in [1.29, 1.82) is 5.26 Å². The van der Waals surface area contributed by atoms with Crippen molar-refractivity contribution in [2.45, 2.75) is 31.7 Å². The molecular weight excluding hydrogens is 218 g/mol. The van der Waals surface area contributed by atoms with E-state index in [1.165, 1.54) is 12.8 Å². The van der Waals surface area contributed by atoms with Crippen molar-refractivity contribution in [3.05, 3.63) is 0 Å². The predicted octanol–water partition coefficient (Wildman–Crippen LogP) is 0.205. The maximum absolute atomic E-state index is 11.7. The Balaban J connectivity index is 2.23. The molecule has 5 nitrogen and oxygen atoms in total. The third-order valence-corrected chi connectivity index (χ3v) is 3.05. The summed E-state index contributed by atoms with van der Waals surface area (Å²) in [6.45, 7) is 2.01. The fourth-order valence-corrected chi connectivity index (χ4v) is 1.82. The molecule has 0 aromatic heterocycles. The Morgan fingerprint density at radius 1 is 1.41 bits per heavy atom. The molecule has 1 fully saturated rings. The summed E-state index contributed by atoms with van der Waals surface area (Å²) in [6.07, 6.45) is 3.21. The smallest absolute Gasteiger partial charge is 0.223 e. The second-order valence-corrected chi connectivity index (χ2v) is 4.46. The molecule has 0 unspecified atom stereocenters. The molecule has 1 aliphatic carbocycles. The zero-order valence-electron chi connectivity index (χ0n) is 10.4. The Hall–Kier alpha value is -1.12. The Labute approximate surface area is 103 Å². The van der Waals surface area contributed by atoms with Crippen LogP contribution in [0, 0.1) is 11.3 Å². The van der Waals surface area contributed by atoms with Gasteiger partial charge in [0.1, 0.15) is 0 Å². The highest BCUT2D eigenvalue weighted by Gasteiger charge is 2.28. The van der Waals surface area contributed by atoms with Gasteiger partial charge >= 0.3 is 0 Å². The third-order valence-electron chi connectivity index (χ3n) is 3.05. The lowest BCUT2D eigenvalue weighted by atomic mass is 10.3. The fraction of sp³-hybridized carbons (Fsp3) is 0.833. The van der Waals surface area contributed by atoms with Gasteiger partial charge in [-0.3, -0.25) is 9.69 Å². The van der Waals surface area contributed by atoms with Crippen LogP contribution in [0.1, 0.15) is 25.7 Å². The van der Waals surface area contributed by atoms with Gasteiger partial charge in [0.25, 0.3) is 0 Å². The van der Waals surface area contributed by atoms with Crippen LogP contribution in [0.5, 0.6) is 0 Å². The lowest BCUT2D eigenvalue weighted by Crippen LogP contribution is -2.35. The van der Waals surface area contributed by atoms with Crippen LogP contribution in [0.15, 0.2) is 0 Å². The van der Waals surface area contributed by atoms with Crippen molar-refractivity contribution in [2.24, 2.45) is 0 Å². The fourth-order valence-electron chi connectivity index (χ4n) is 1.82. The topological polar surface area (TPSA) is 67.6 Å². The summed E-state index contributed by atoms with van der Waals surface area (Å²) in [4.78, 5) is 15.5. The van der Waals surface area contributed by atoms with E-state index in [0.717, 1.165) is 0 Å². The highest BCUT2D eigenvalue weighted by atomic mass is 16.3. The van der Waals surface area contributed by atoms with Gasteiger partial charge in [-0.2, -0.15) is 5.26 Å². The summed E-state index contributed by atoms with van der Waals surface area (Å²) in [5.74, 6) is 0.0730. The van der Waals surface area contributed by atoms with E-state index in [9.17, 15) is 4.79 Å². The van der Waals surface area contributed by atoms with E-state index >= 15 is 0 Å². The van der Waals surface area contributed by atoms with Crippen LogP contribution in [0.2, 0.25) is 0 Å². The molecule has 96 valence electrons. The highest BCUT2D eigenvalue weighted by molar-refractivity contribution is 5.76. The number of aliphatic hydroxyl groups is 1. The molecule has 1 N–H and O–H groups in total. The molecule has 0 radical (unpaired) electrons. The number of aliphatic hydroxyl groups excluding tert-OH is 1. The number of nitriles is 1. The molecule has 0 atom stereocenters. The number of nitrogens with zero attached hydrogens (tertiary/aromatic N) is 3. The minimum Gasteiger partial charge on any atom is -0.395 e. The van der Waals surface area contributed by atoms with Crippen LogP contribution in [-0.2, 0) is 4.79 Å². The summed E-state index contributed by atoms with van der Waals surface area (Å²) in [6, 6.07) is 2.60. The van der Waals surface area contributed by atoms with E-state index in [1.54, 1.807) is 11.9 Å². The molecule has 0 bridgehead atoms. The van der Waals surface area contributed by atoms with E-state index in [4.69, 9.17) is 10.4 Å². The second kappa shape index (κ2) is 7.25. The Morgan fingerprint density at radius 2 is 2.12 bits per heavy atom. The Bertz CT molecular complexity index is 284. The molecule has 1 saturated carbocycles. The first-order valence-corrected chi connectivity index (χ1v) is 6.15. The van der Waals surface area contributed by atoms with Crippen LogP contribution < -0.4 is 0 Å². The first-order valence-electron chi connectivity index (χ1n) is 6.15. The molecule has 0 spiro atoms. The van der Waals surface area contributed by atoms with Gasteiger partial charge in [0, 0.05) is 39.1 Å². The van der Waals surface area contributed by atoms with E-state index in [2.05, 4.69) is 4.90 Å². The molecule has 1 amide bonds. The molecule has 0 aromatic carbocycles. The zero-order chi connectivity index (χ0) is 12.7. The number of amides is 1. The number of rotatable bonds is 8. The van der Waals surface area contributed by atoms with Crippen molar-refractivity contribution >= 4 is 5.91 Å². The van der Waals surface area contributed by atoms with Gasteiger partial charge in [-0.1, -0.05) is 0 Å². The summed E-state index contributed by atoms with van der Waals surface area (Å²) in [5, 5.41) is 17.4. The molecule has 17 heavy (non-hydrogen) atoms. The highest BCUT2D eigenvalue weighted by Crippen LogP contribution is 2.26. The first-order chi connectivity index (χ1) is 8.19. The molecule has 0 saturated heterocycles. The van der Waals surface area contributed by atoms with Gasteiger partial charge in [-0.25, -0.2) is 0 Å². The minimum atomic E-state index is 0.0730. The maximum Gasteiger partial charge on any atom is 0.223 e. The van der Waals surface area contributed by atoms with E-state index in [1.807, 2.05) is 6.07 Å². The van der Waals surface area contributed by atoms with Crippen LogP contribution >= 0.6 is 0 Å². The molecule has 0 heterocycles. The third kappa shape index (κ3) is 5.16. The standard InChI is InChI=1S/C12H21N3O2/c1-14(7-2-6-13)12(17)5-8-15(9-10-16)11-3-4-11/h11,16H,2-5,7-10H2,1H3. The summed E-state index contributed by atoms with van der Waals surface area (Å²) < 4.78 is 0. The largest absolute Gasteiger partial charge is 0.395 e. The monoisotopic (exact) mass is 239 g/mol. The first kappa shape index (κ1) is 13.9. The molecular formula is C12H21N3O2. The van der Waals surface area contributed by atoms with Crippen molar-refractivity contribution in [3.8, 4) is 6.07 Å². The molecule has 5 heteroatoms. The summed E-state index contributed by atoms with van der Waals surface area (Å²) >= 11 is 0. The predicted molar refractivity (Wildman–Crippen MR) is 64.2 cm³/mol. The van der Waals surface area contributed by atoms with Crippen molar-refractivity contribution in [3.63, 3.8) is 0 Å². The van der Waals surface area contributed by atoms with Crippen LogP contribution in [0.25, 0.3) is 0 Å². The molecule has 1 rings (SSSR count). The van der Waals surface area contributed by atoms with E-state index < -0.39 is 0 Å². The molecule has 0 aliphatic heterocycles. The van der Waals surface area contributed by atoms with E-state index in [0.29, 0.717) is 38.5 Å². The van der Waals surface area contributed by atoms with Gasteiger partial charge in [0.2, 0.25) is 5.91 Å². The van der Waals surface area contributed by atoms with E-state index in [-0.39, 0.29) is 12.5 Å². The average molecular weight is 239 g/mol. The van der Waals surface area contributed by atoms with Crippen LogP contribution in [-0.4, -0.2) is 60.1 Å². The Morgan fingerprint density at radius 3 is 2.65 bits per heavy atom. The maximum atomic E-state index is 11.7. The van der Waals surface area contributed by atoms with Gasteiger partial charge in [0.15, 0.2) is 0 Å². The van der Waals surface area contributed by atoms with Gasteiger partial charge < -0.3 is 10.0 Å². The molecule has 1 aliphatic rings. The molecule has 0 aromatic rings. The van der Waals surface area contributed by atoms with Gasteiger partial charge in [0.05, 0.1) is 19.1 Å². The average Bonchev–Trinajstić information content (AvgIpc) is 3.15. The van der Waals surface area contributed by atoms with Crippen molar-refractivity contribution in [2.75, 3.05) is 33.3 Å². The number of carbonyl (C=O) groups excluding carboxylic acids is 1. The van der Waals surface area contributed by atoms with Gasteiger partial charge in [-0.15, -0.1) is 0 Å². The van der Waals surface area contributed by atoms with Crippen molar-refractivity contribution < 1.29 is 9.90 Å². The number of hydrogen-bond donors (Lipinski definition) is 1. The zero-order valence-corrected chi connectivity index (χ0v) is 10.4. The SMILES string of the molecule is CN(CCC#N)C(=O)CCN(CCO)C1CC1. The normalized spacial score (nSPS) is 14.7. The Kier molecular flexibility index (Phi) is 5.95. The number of hydrogen-bond acceptors (Lipinski definition) is 4. The lowest BCUT2D eigenvalue weighted by Gasteiger charge is -2.22. The minimum absolute atomic E-state index is 0.0730. The van der Waals surface area contributed by atoms with Crippen molar-refractivity contribution in [1.82, 2.24) is 9.80 Å². The van der Waals surface area contributed by atoms with Crippen LogP contribution in [0.4, 0.5) is 0 Å². The number of carbonyl (C=O) groups is 1. The summed E-state index contributed by atoms with van der Waals surface area (Å²) in [5.41, 5.74) is 0. The quantitative estimate of drug-likeness (QED) is 0.657. The van der Waals surface area contributed by atoms with Gasteiger partial charge in [-0.05, 0) is 12.8 Å². The van der Waals surface area contributed by atoms with Crippen LogP contribution in [0.3, 0.4) is 0 Å². The second-order valence-electron chi connectivity index (χ2n) is 4.46. The summed E-state index contributed by atoms with van der Waals surface area (Å²) in [7, 11) is 1.73. The lowest BCUT2D eigenvalue weighted by molar-refractivity contribution is -0.130.